The SMILES string of the molecule is CCc1nnc(NC2CCC(C)CC2)c(C(=O)O)c1CC. The summed E-state index contributed by atoms with van der Waals surface area (Å²) in [5.74, 6) is 0.293. The third kappa shape index (κ3) is 3.52. The predicted octanol–water partition coefficient (Wildman–Crippen LogP) is 3.29. The molecule has 1 heterocycles. The molecular weight excluding hydrogens is 266 g/mol. The maximum atomic E-state index is 11.7. The second-order valence-electron chi connectivity index (χ2n) is 5.96. The molecular formula is C16H25N3O2. The second kappa shape index (κ2) is 6.87. The quantitative estimate of drug-likeness (QED) is 0.870. The predicted molar refractivity (Wildman–Crippen MR) is 82.8 cm³/mol. The Morgan fingerprint density at radius 2 is 1.86 bits per heavy atom. The van der Waals surface area contributed by atoms with E-state index in [-0.39, 0.29) is 0 Å². The Bertz CT molecular complexity index is 508. The minimum Gasteiger partial charge on any atom is -0.478 e. The molecule has 0 radical (unpaired) electrons. The first-order chi connectivity index (χ1) is 10.1. The molecule has 1 aromatic heterocycles. The van der Waals surface area contributed by atoms with E-state index in [0.717, 1.165) is 30.0 Å². The summed E-state index contributed by atoms with van der Waals surface area (Å²) >= 11 is 0. The second-order valence-corrected chi connectivity index (χ2v) is 5.96. The molecule has 0 spiro atoms. The van der Waals surface area contributed by atoms with Gasteiger partial charge in [0.05, 0.1) is 5.69 Å². The first kappa shape index (κ1) is 15.7. The van der Waals surface area contributed by atoms with Crippen molar-refractivity contribution in [3.8, 4) is 0 Å². The number of hydrogen-bond donors (Lipinski definition) is 2. The molecule has 0 atom stereocenters. The molecule has 0 bridgehead atoms. The van der Waals surface area contributed by atoms with Gasteiger partial charge in [0.15, 0.2) is 5.82 Å². The van der Waals surface area contributed by atoms with Crippen molar-refractivity contribution in [2.75, 3.05) is 5.32 Å². The van der Waals surface area contributed by atoms with Crippen molar-refractivity contribution in [2.45, 2.75) is 65.3 Å². The van der Waals surface area contributed by atoms with Crippen LogP contribution in [-0.4, -0.2) is 27.3 Å². The molecule has 1 aliphatic rings. The third-order valence-electron chi connectivity index (χ3n) is 4.42. The summed E-state index contributed by atoms with van der Waals surface area (Å²) in [7, 11) is 0. The fourth-order valence-corrected chi connectivity index (χ4v) is 3.10. The minimum atomic E-state index is -0.914. The van der Waals surface area contributed by atoms with Crippen LogP contribution >= 0.6 is 0 Å². The van der Waals surface area contributed by atoms with Crippen molar-refractivity contribution in [1.82, 2.24) is 10.2 Å². The molecule has 0 aliphatic heterocycles. The number of rotatable bonds is 5. The molecule has 116 valence electrons. The van der Waals surface area contributed by atoms with Gasteiger partial charge in [-0.25, -0.2) is 4.79 Å². The van der Waals surface area contributed by atoms with Gasteiger partial charge < -0.3 is 10.4 Å². The number of nitrogens with one attached hydrogen (secondary N) is 1. The molecule has 0 aromatic carbocycles. The summed E-state index contributed by atoms with van der Waals surface area (Å²) in [6.45, 7) is 6.21. The van der Waals surface area contributed by atoms with Gasteiger partial charge in [0.2, 0.25) is 0 Å². The molecule has 0 amide bonds. The minimum absolute atomic E-state index is 0.308. The van der Waals surface area contributed by atoms with E-state index in [1.807, 2.05) is 13.8 Å². The molecule has 1 fully saturated rings. The van der Waals surface area contributed by atoms with Gasteiger partial charge in [0.1, 0.15) is 5.56 Å². The molecule has 21 heavy (non-hydrogen) atoms. The van der Waals surface area contributed by atoms with Crippen molar-refractivity contribution in [3.63, 3.8) is 0 Å². The highest BCUT2D eigenvalue weighted by Crippen LogP contribution is 2.28. The number of nitrogens with zero attached hydrogens (tertiary/aromatic N) is 2. The summed E-state index contributed by atoms with van der Waals surface area (Å²) in [6, 6.07) is 0.311. The van der Waals surface area contributed by atoms with Gasteiger partial charge in [-0.1, -0.05) is 20.8 Å². The number of aromatic nitrogens is 2. The van der Waals surface area contributed by atoms with E-state index in [0.29, 0.717) is 30.3 Å². The van der Waals surface area contributed by atoms with Crippen LogP contribution in [0.5, 0.6) is 0 Å². The van der Waals surface area contributed by atoms with Crippen LogP contribution in [0.4, 0.5) is 5.82 Å². The van der Waals surface area contributed by atoms with Gasteiger partial charge in [-0.2, -0.15) is 5.10 Å². The van der Waals surface area contributed by atoms with E-state index >= 15 is 0 Å². The lowest BCUT2D eigenvalue weighted by Gasteiger charge is -2.28. The first-order valence-electron chi connectivity index (χ1n) is 7.95. The molecule has 2 N–H and O–H groups in total. The van der Waals surface area contributed by atoms with E-state index in [2.05, 4.69) is 22.4 Å². The smallest absolute Gasteiger partial charge is 0.339 e. The normalized spacial score (nSPS) is 22.0. The topological polar surface area (TPSA) is 75.1 Å². The van der Waals surface area contributed by atoms with E-state index in [1.54, 1.807) is 0 Å². The average Bonchev–Trinajstić information content (AvgIpc) is 2.48. The zero-order valence-corrected chi connectivity index (χ0v) is 13.1. The Labute approximate surface area is 126 Å². The number of anilines is 1. The molecule has 1 aromatic rings. The first-order valence-corrected chi connectivity index (χ1v) is 7.95. The van der Waals surface area contributed by atoms with Gasteiger partial charge in [-0.3, -0.25) is 0 Å². The van der Waals surface area contributed by atoms with Gasteiger partial charge in [-0.05, 0) is 50.0 Å². The highest BCUT2D eigenvalue weighted by molar-refractivity contribution is 5.95. The van der Waals surface area contributed by atoms with Crippen LogP contribution < -0.4 is 5.32 Å². The summed E-state index contributed by atoms with van der Waals surface area (Å²) in [4.78, 5) is 11.7. The molecule has 1 aliphatic carbocycles. The summed E-state index contributed by atoms with van der Waals surface area (Å²) in [5, 5.41) is 21.3. The monoisotopic (exact) mass is 291 g/mol. The Morgan fingerprint density at radius 1 is 1.19 bits per heavy atom. The van der Waals surface area contributed by atoms with Crippen molar-refractivity contribution < 1.29 is 9.90 Å². The molecule has 0 unspecified atom stereocenters. The number of carbonyl (C=O) groups is 1. The Morgan fingerprint density at radius 3 is 2.38 bits per heavy atom. The molecule has 1 saturated carbocycles. The Kier molecular flexibility index (Phi) is 5.15. The zero-order valence-electron chi connectivity index (χ0n) is 13.1. The lowest BCUT2D eigenvalue weighted by atomic mass is 9.87. The van der Waals surface area contributed by atoms with Crippen LogP contribution in [0.3, 0.4) is 0 Å². The van der Waals surface area contributed by atoms with Crippen molar-refractivity contribution in [3.05, 3.63) is 16.8 Å². The number of aromatic carboxylic acids is 1. The van der Waals surface area contributed by atoms with Crippen LogP contribution in [0, 0.1) is 5.92 Å². The van der Waals surface area contributed by atoms with Crippen molar-refractivity contribution in [2.24, 2.45) is 5.92 Å². The van der Waals surface area contributed by atoms with E-state index in [4.69, 9.17) is 0 Å². The van der Waals surface area contributed by atoms with Crippen LogP contribution in [0.1, 0.15) is 68.1 Å². The third-order valence-corrected chi connectivity index (χ3v) is 4.42. The molecule has 0 saturated heterocycles. The average molecular weight is 291 g/mol. The molecule has 2 rings (SSSR count). The molecule has 5 heteroatoms. The Hall–Kier alpha value is -1.65. The summed E-state index contributed by atoms with van der Waals surface area (Å²) in [5.41, 5.74) is 1.91. The van der Waals surface area contributed by atoms with Crippen LogP contribution in [0.2, 0.25) is 0 Å². The van der Waals surface area contributed by atoms with Gasteiger partial charge in [0, 0.05) is 6.04 Å². The highest BCUT2D eigenvalue weighted by Gasteiger charge is 2.24. The highest BCUT2D eigenvalue weighted by atomic mass is 16.4. The van der Waals surface area contributed by atoms with Crippen molar-refractivity contribution >= 4 is 11.8 Å². The fourth-order valence-electron chi connectivity index (χ4n) is 3.10. The fraction of sp³-hybridized carbons (Fsp3) is 0.688. The van der Waals surface area contributed by atoms with Gasteiger partial charge >= 0.3 is 5.97 Å². The maximum absolute atomic E-state index is 11.7. The van der Waals surface area contributed by atoms with Crippen LogP contribution in [-0.2, 0) is 12.8 Å². The van der Waals surface area contributed by atoms with Gasteiger partial charge in [0.25, 0.3) is 0 Å². The number of carboxylic acids is 1. The number of carboxylic acid groups (broad SMARTS) is 1. The van der Waals surface area contributed by atoms with Crippen molar-refractivity contribution in [1.29, 1.82) is 0 Å². The van der Waals surface area contributed by atoms with E-state index in [1.165, 1.54) is 12.8 Å². The van der Waals surface area contributed by atoms with Crippen LogP contribution in [0.15, 0.2) is 0 Å². The van der Waals surface area contributed by atoms with Crippen LogP contribution in [0.25, 0.3) is 0 Å². The standard InChI is InChI=1S/C16H25N3O2/c1-4-12-13(5-2)18-19-15(14(12)16(20)21)17-11-8-6-10(3)7-9-11/h10-11H,4-9H2,1-3H3,(H,17,19)(H,20,21). The largest absolute Gasteiger partial charge is 0.478 e. The Balaban J connectivity index is 2.28. The molecule has 5 nitrogen and oxygen atoms in total. The lowest BCUT2D eigenvalue weighted by Crippen LogP contribution is -2.27. The summed E-state index contributed by atoms with van der Waals surface area (Å²) in [6.07, 6.45) is 5.87. The van der Waals surface area contributed by atoms with E-state index < -0.39 is 5.97 Å². The van der Waals surface area contributed by atoms with E-state index in [9.17, 15) is 9.90 Å². The van der Waals surface area contributed by atoms with Gasteiger partial charge in [-0.15, -0.1) is 5.10 Å². The maximum Gasteiger partial charge on any atom is 0.339 e. The zero-order chi connectivity index (χ0) is 15.4. The summed E-state index contributed by atoms with van der Waals surface area (Å²) < 4.78 is 0. The lowest BCUT2D eigenvalue weighted by molar-refractivity contribution is 0.0696. The number of hydrogen-bond acceptors (Lipinski definition) is 4. The number of aryl methyl sites for hydroxylation is 1.